The molecule has 0 saturated heterocycles. The summed E-state index contributed by atoms with van der Waals surface area (Å²) < 4.78 is 4.89. The smallest absolute Gasteiger partial charge is 0.262 e. The van der Waals surface area contributed by atoms with Gasteiger partial charge < -0.3 is 15.1 Å². The fraction of sp³-hybridized carbons (Fsp3) is 0.0833. The third-order valence-electron chi connectivity index (χ3n) is 2.43. The first kappa shape index (κ1) is 11.5. The molecule has 1 amide bonds. The van der Waals surface area contributed by atoms with Crippen molar-refractivity contribution in [3.8, 4) is 0 Å². The third-order valence-corrected chi connectivity index (χ3v) is 2.73. The SMILES string of the molecule is CN(C(=O)c1ccoc1Cl)c1ccc(N)cc1. The number of halogens is 1. The van der Waals surface area contributed by atoms with Gasteiger partial charge in [-0.05, 0) is 41.9 Å². The zero-order chi connectivity index (χ0) is 12.4. The van der Waals surface area contributed by atoms with Crippen LogP contribution in [0.25, 0.3) is 0 Å². The van der Waals surface area contributed by atoms with Crippen molar-refractivity contribution in [1.29, 1.82) is 0 Å². The molecule has 4 nitrogen and oxygen atoms in total. The minimum atomic E-state index is -0.228. The van der Waals surface area contributed by atoms with Crippen LogP contribution in [0.15, 0.2) is 41.0 Å². The number of hydrogen-bond donors (Lipinski definition) is 1. The molecule has 2 rings (SSSR count). The Labute approximate surface area is 104 Å². The number of carbonyl (C=O) groups excluding carboxylic acids is 1. The summed E-state index contributed by atoms with van der Waals surface area (Å²) in [5.74, 6) is -0.228. The Balaban J connectivity index is 2.26. The van der Waals surface area contributed by atoms with Gasteiger partial charge in [-0.3, -0.25) is 4.79 Å². The molecule has 0 aliphatic carbocycles. The number of nitrogens with two attached hydrogens (primary N) is 1. The molecular weight excluding hydrogens is 240 g/mol. The largest absolute Gasteiger partial charge is 0.452 e. The van der Waals surface area contributed by atoms with E-state index in [-0.39, 0.29) is 11.1 Å². The molecule has 17 heavy (non-hydrogen) atoms. The molecule has 0 radical (unpaired) electrons. The summed E-state index contributed by atoms with van der Waals surface area (Å²) in [6.45, 7) is 0. The first-order valence-corrected chi connectivity index (χ1v) is 5.34. The van der Waals surface area contributed by atoms with Crippen molar-refractivity contribution in [2.24, 2.45) is 0 Å². The van der Waals surface area contributed by atoms with Crippen LogP contribution < -0.4 is 10.6 Å². The number of carbonyl (C=O) groups is 1. The van der Waals surface area contributed by atoms with Crippen LogP contribution in [0, 0.1) is 0 Å². The van der Waals surface area contributed by atoms with Gasteiger partial charge in [0, 0.05) is 18.4 Å². The fourth-order valence-electron chi connectivity index (χ4n) is 1.44. The standard InChI is InChI=1S/C12H11ClN2O2/c1-15(9-4-2-8(14)3-5-9)12(16)10-6-7-17-11(10)13/h2-7H,14H2,1H3. The van der Waals surface area contributed by atoms with Crippen molar-refractivity contribution in [2.45, 2.75) is 0 Å². The average molecular weight is 251 g/mol. The number of nitrogen functional groups attached to an aromatic ring is 1. The molecule has 0 aliphatic rings. The Kier molecular flexibility index (Phi) is 3.06. The Bertz CT molecular complexity index is 534. The summed E-state index contributed by atoms with van der Waals surface area (Å²) in [4.78, 5) is 13.5. The van der Waals surface area contributed by atoms with Gasteiger partial charge in [-0.25, -0.2) is 0 Å². The van der Waals surface area contributed by atoms with Gasteiger partial charge in [-0.1, -0.05) is 0 Å². The highest BCUT2D eigenvalue weighted by Gasteiger charge is 2.18. The lowest BCUT2D eigenvalue weighted by Crippen LogP contribution is -2.25. The van der Waals surface area contributed by atoms with E-state index in [1.54, 1.807) is 37.4 Å². The maximum absolute atomic E-state index is 12.1. The second-order valence-corrected chi connectivity index (χ2v) is 3.91. The first-order chi connectivity index (χ1) is 8.09. The lowest BCUT2D eigenvalue weighted by molar-refractivity contribution is 0.0992. The van der Waals surface area contributed by atoms with Gasteiger partial charge in [-0.2, -0.15) is 0 Å². The van der Waals surface area contributed by atoms with Gasteiger partial charge in [0.25, 0.3) is 5.91 Å². The molecule has 2 aromatic rings. The lowest BCUT2D eigenvalue weighted by atomic mass is 10.2. The molecule has 5 heteroatoms. The molecule has 0 unspecified atom stereocenters. The summed E-state index contributed by atoms with van der Waals surface area (Å²) >= 11 is 5.76. The molecule has 0 aliphatic heterocycles. The molecule has 0 atom stereocenters. The quantitative estimate of drug-likeness (QED) is 0.834. The van der Waals surface area contributed by atoms with Gasteiger partial charge in [0.2, 0.25) is 5.22 Å². The van der Waals surface area contributed by atoms with Crippen molar-refractivity contribution >= 4 is 28.9 Å². The van der Waals surface area contributed by atoms with E-state index in [1.807, 2.05) is 0 Å². The molecule has 2 N–H and O–H groups in total. The summed E-state index contributed by atoms with van der Waals surface area (Å²) in [6.07, 6.45) is 1.38. The third kappa shape index (κ3) is 2.26. The molecule has 0 bridgehead atoms. The van der Waals surface area contributed by atoms with E-state index >= 15 is 0 Å². The maximum atomic E-state index is 12.1. The number of anilines is 2. The molecule has 0 saturated carbocycles. The second-order valence-electron chi connectivity index (χ2n) is 3.56. The number of hydrogen-bond acceptors (Lipinski definition) is 3. The average Bonchev–Trinajstić information content (AvgIpc) is 2.74. The van der Waals surface area contributed by atoms with Gasteiger partial charge in [0.1, 0.15) is 0 Å². The predicted octanol–water partition coefficient (Wildman–Crippen LogP) is 2.79. The Hall–Kier alpha value is -1.94. The number of nitrogens with zero attached hydrogens (tertiary/aromatic N) is 1. The number of rotatable bonds is 2. The van der Waals surface area contributed by atoms with Crippen molar-refractivity contribution in [1.82, 2.24) is 0 Å². The van der Waals surface area contributed by atoms with Crippen LogP contribution in [0.5, 0.6) is 0 Å². The second kappa shape index (κ2) is 4.51. The van der Waals surface area contributed by atoms with Gasteiger partial charge >= 0.3 is 0 Å². The van der Waals surface area contributed by atoms with E-state index in [9.17, 15) is 4.79 Å². The maximum Gasteiger partial charge on any atom is 0.262 e. The van der Waals surface area contributed by atoms with Gasteiger partial charge in [0.15, 0.2) is 0 Å². The summed E-state index contributed by atoms with van der Waals surface area (Å²) in [6, 6.07) is 8.53. The number of benzene rings is 1. The van der Waals surface area contributed by atoms with E-state index in [1.165, 1.54) is 11.2 Å². The van der Waals surface area contributed by atoms with Gasteiger partial charge in [0.05, 0.1) is 11.8 Å². The molecule has 0 spiro atoms. The van der Waals surface area contributed by atoms with E-state index < -0.39 is 0 Å². The van der Waals surface area contributed by atoms with Crippen LogP contribution in [-0.4, -0.2) is 13.0 Å². The predicted molar refractivity (Wildman–Crippen MR) is 67.3 cm³/mol. The van der Waals surface area contributed by atoms with Crippen molar-refractivity contribution in [3.63, 3.8) is 0 Å². The van der Waals surface area contributed by atoms with Crippen LogP contribution >= 0.6 is 11.6 Å². The molecule has 1 aromatic carbocycles. The number of amides is 1. The van der Waals surface area contributed by atoms with Crippen LogP contribution in [0.4, 0.5) is 11.4 Å². The minimum Gasteiger partial charge on any atom is -0.452 e. The summed E-state index contributed by atoms with van der Waals surface area (Å²) in [5.41, 5.74) is 7.31. The number of furan rings is 1. The highest BCUT2D eigenvalue weighted by atomic mass is 35.5. The molecule has 1 heterocycles. The van der Waals surface area contributed by atoms with E-state index in [4.69, 9.17) is 21.8 Å². The molecule has 0 fully saturated rings. The van der Waals surface area contributed by atoms with Crippen LogP contribution in [-0.2, 0) is 0 Å². The van der Waals surface area contributed by atoms with E-state index in [0.29, 0.717) is 11.3 Å². The Morgan fingerprint density at radius 3 is 2.47 bits per heavy atom. The Morgan fingerprint density at radius 1 is 1.29 bits per heavy atom. The first-order valence-electron chi connectivity index (χ1n) is 4.96. The lowest BCUT2D eigenvalue weighted by Gasteiger charge is -2.16. The highest BCUT2D eigenvalue weighted by Crippen LogP contribution is 2.22. The van der Waals surface area contributed by atoms with Crippen LogP contribution in [0.1, 0.15) is 10.4 Å². The minimum absolute atomic E-state index is 0.0947. The van der Waals surface area contributed by atoms with E-state index in [2.05, 4.69) is 0 Å². The molecule has 88 valence electrons. The van der Waals surface area contributed by atoms with Gasteiger partial charge in [-0.15, -0.1) is 0 Å². The monoisotopic (exact) mass is 250 g/mol. The zero-order valence-corrected chi connectivity index (χ0v) is 9.94. The summed E-state index contributed by atoms with van der Waals surface area (Å²) in [5, 5.41) is 0.0947. The van der Waals surface area contributed by atoms with Crippen LogP contribution in [0.3, 0.4) is 0 Å². The topological polar surface area (TPSA) is 59.5 Å². The molecular formula is C12H11ClN2O2. The molecule has 1 aromatic heterocycles. The van der Waals surface area contributed by atoms with Crippen molar-refractivity contribution in [2.75, 3.05) is 17.7 Å². The Morgan fingerprint density at radius 2 is 1.94 bits per heavy atom. The fourth-order valence-corrected chi connectivity index (χ4v) is 1.64. The van der Waals surface area contributed by atoms with E-state index in [0.717, 1.165) is 5.69 Å². The zero-order valence-electron chi connectivity index (χ0n) is 9.18. The van der Waals surface area contributed by atoms with Crippen molar-refractivity contribution < 1.29 is 9.21 Å². The highest BCUT2D eigenvalue weighted by molar-refractivity contribution is 6.32. The summed E-state index contributed by atoms with van der Waals surface area (Å²) in [7, 11) is 1.66. The normalized spacial score (nSPS) is 10.2. The van der Waals surface area contributed by atoms with Crippen LogP contribution in [0.2, 0.25) is 5.22 Å². The van der Waals surface area contributed by atoms with Crippen molar-refractivity contribution in [3.05, 3.63) is 47.4 Å².